The molecule has 1 aromatic heterocycles. The lowest BCUT2D eigenvalue weighted by molar-refractivity contribution is 0.557. The number of furan rings is 1. The summed E-state index contributed by atoms with van der Waals surface area (Å²) in [6.45, 7) is 3.85. The minimum Gasteiger partial charge on any atom is -0.460 e. The van der Waals surface area contributed by atoms with Crippen LogP contribution in [0.3, 0.4) is 0 Å². The molecule has 0 bridgehead atoms. The van der Waals surface area contributed by atoms with Gasteiger partial charge in [-0.2, -0.15) is 0 Å². The zero-order chi connectivity index (χ0) is 13.1. The van der Waals surface area contributed by atoms with Gasteiger partial charge in [0.2, 0.25) is 0 Å². The van der Waals surface area contributed by atoms with Crippen LogP contribution in [-0.4, -0.2) is 0 Å². The average Bonchev–Trinajstić information content (AvgIpc) is 2.79. The van der Waals surface area contributed by atoms with E-state index in [9.17, 15) is 0 Å². The van der Waals surface area contributed by atoms with Gasteiger partial charge in [0.05, 0.1) is 0 Å². The molecule has 94 valence electrons. The van der Waals surface area contributed by atoms with Crippen molar-refractivity contribution in [1.29, 1.82) is 0 Å². The first-order valence-corrected chi connectivity index (χ1v) is 6.52. The van der Waals surface area contributed by atoms with Gasteiger partial charge in [0.15, 0.2) is 0 Å². The molecule has 0 N–H and O–H groups in total. The molecule has 0 aliphatic heterocycles. The van der Waals surface area contributed by atoms with Crippen LogP contribution < -0.4 is 0 Å². The molecular weight excluding hydrogens is 232 g/mol. The topological polar surface area (TPSA) is 13.1 Å². The van der Waals surface area contributed by atoms with Crippen molar-refractivity contribution in [3.05, 3.63) is 84.1 Å². The van der Waals surface area contributed by atoms with Crippen molar-refractivity contribution >= 4 is 11.0 Å². The van der Waals surface area contributed by atoms with Gasteiger partial charge in [0, 0.05) is 17.4 Å². The lowest BCUT2D eigenvalue weighted by Crippen LogP contribution is -1.90. The van der Waals surface area contributed by atoms with E-state index >= 15 is 0 Å². The largest absolute Gasteiger partial charge is 0.460 e. The number of fused-ring (bicyclic) bond motifs is 1. The van der Waals surface area contributed by atoms with E-state index in [1.54, 1.807) is 0 Å². The minimum atomic E-state index is 0.832. The van der Waals surface area contributed by atoms with Crippen molar-refractivity contribution in [2.75, 3.05) is 0 Å². The maximum atomic E-state index is 6.01. The first kappa shape index (κ1) is 11.8. The average molecular weight is 248 g/mol. The van der Waals surface area contributed by atoms with Crippen molar-refractivity contribution in [2.24, 2.45) is 0 Å². The molecule has 0 atom stereocenters. The van der Waals surface area contributed by atoms with Gasteiger partial charge < -0.3 is 4.42 Å². The van der Waals surface area contributed by atoms with Gasteiger partial charge in [-0.25, -0.2) is 0 Å². The van der Waals surface area contributed by atoms with Crippen LogP contribution in [0.15, 0.2) is 71.7 Å². The van der Waals surface area contributed by atoms with E-state index in [1.807, 2.05) is 24.3 Å². The molecule has 0 aliphatic carbocycles. The van der Waals surface area contributed by atoms with Gasteiger partial charge in [-0.15, -0.1) is 6.58 Å². The number of allylic oxidation sites excluding steroid dienone is 1. The molecule has 2 aromatic carbocycles. The number of benzene rings is 2. The molecule has 0 radical (unpaired) electrons. The first-order valence-electron chi connectivity index (χ1n) is 6.52. The number of hydrogen-bond donors (Lipinski definition) is 0. The SMILES string of the molecule is C=CCc1c(Cc2ccccc2)oc2ccccc12. The molecule has 0 aliphatic rings. The summed E-state index contributed by atoms with van der Waals surface area (Å²) >= 11 is 0. The highest BCUT2D eigenvalue weighted by molar-refractivity contribution is 5.82. The molecule has 1 nitrogen and oxygen atoms in total. The van der Waals surface area contributed by atoms with E-state index in [2.05, 4.69) is 43.0 Å². The summed E-state index contributed by atoms with van der Waals surface area (Å²) in [5, 5.41) is 1.20. The second-order valence-corrected chi connectivity index (χ2v) is 4.66. The van der Waals surface area contributed by atoms with Crippen molar-refractivity contribution in [2.45, 2.75) is 12.8 Å². The highest BCUT2D eigenvalue weighted by atomic mass is 16.3. The van der Waals surface area contributed by atoms with E-state index < -0.39 is 0 Å². The Hall–Kier alpha value is -2.28. The summed E-state index contributed by atoms with van der Waals surface area (Å²) < 4.78 is 6.01. The molecule has 3 rings (SSSR count). The highest BCUT2D eigenvalue weighted by Crippen LogP contribution is 2.28. The van der Waals surface area contributed by atoms with Crippen LogP contribution in [-0.2, 0) is 12.8 Å². The van der Waals surface area contributed by atoms with Crippen LogP contribution in [0, 0.1) is 0 Å². The van der Waals surface area contributed by atoms with Crippen LogP contribution in [0.2, 0.25) is 0 Å². The number of para-hydroxylation sites is 1. The minimum absolute atomic E-state index is 0.832. The maximum absolute atomic E-state index is 6.01. The normalized spacial score (nSPS) is 10.7. The van der Waals surface area contributed by atoms with E-state index in [4.69, 9.17) is 4.42 Å². The predicted molar refractivity (Wildman–Crippen MR) is 79.4 cm³/mol. The first-order chi connectivity index (χ1) is 9.38. The van der Waals surface area contributed by atoms with Gasteiger partial charge >= 0.3 is 0 Å². The zero-order valence-electron chi connectivity index (χ0n) is 10.8. The molecule has 3 aromatic rings. The Morgan fingerprint density at radius 2 is 1.68 bits per heavy atom. The highest BCUT2D eigenvalue weighted by Gasteiger charge is 2.12. The summed E-state index contributed by atoms with van der Waals surface area (Å²) in [5.74, 6) is 1.05. The predicted octanol–water partition coefficient (Wildman–Crippen LogP) is 4.75. The maximum Gasteiger partial charge on any atom is 0.134 e. The molecule has 0 saturated heterocycles. The summed E-state index contributed by atoms with van der Waals surface area (Å²) in [4.78, 5) is 0. The Morgan fingerprint density at radius 1 is 0.947 bits per heavy atom. The van der Waals surface area contributed by atoms with E-state index in [0.717, 1.165) is 24.2 Å². The molecule has 19 heavy (non-hydrogen) atoms. The summed E-state index contributed by atoms with van der Waals surface area (Å²) in [6, 6.07) is 18.6. The van der Waals surface area contributed by atoms with Gasteiger partial charge in [-0.1, -0.05) is 54.6 Å². The second-order valence-electron chi connectivity index (χ2n) is 4.66. The second kappa shape index (κ2) is 5.15. The third-order valence-corrected chi connectivity index (χ3v) is 3.34. The monoisotopic (exact) mass is 248 g/mol. The van der Waals surface area contributed by atoms with Crippen LogP contribution in [0.25, 0.3) is 11.0 Å². The summed E-state index contributed by atoms with van der Waals surface area (Å²) in [6.07, 6.45) is 3.61. The molecule has 1 heterocycles. The Kier molecular flexibility index (Phi) is 3.20. The van der Waals surface area contributed by atoms with Gasteiger partial charge in [-0.3, -0.25) is 0 Å². The molecule has 0 fully saturated rings. The quantitative estimate of drug-likeness (QED) is 0.607. The van der Waals surface area contributed by atoms with Gasteiger partial charge in [0.1, 0.15) is 11.3 Å². The lowest BCUT2D eigenvalue weighted by Gasteiger charge is -2.01. The zero-order valence-corrected chi connectivity index (χ0v) is 10.8. The number of hydrogen-bond acceptors (Lipinski definition) is 1. The Balaban J connectivity index is 2.07. The van der Waals surface area contributed by atoms with Crippen LogP contribution >= 0.6 is 0 Å². The van der Waals surface area contributed by atoms with Crippen LogP contribution in [0.5, 0.6) is 0 Å². The Bertz CT molecular complexity index is 692. The van der Waals surface area contributed by atoms with Crippen LogP contribution in [0.4, 0.5) is 0 Å². The third-order valence-electron chi connectivity index (χ3n) is 3.34. The molecule has 0 amide bonds. The number of rotatable bonds is 4. The van der Waals surface area contributed by atoms with Gasteiger partial charge in [0.25, 0.3) is 0 Å². The summed E-state index contributed by atoms with van der Waals surface area (Å²) in [5.41, 5.74) is 3.49. The van der Waals surface area contributed by atoms with Crippen molar-refractivity contribution < 1.29 is 4.42 Å². The fourth-order valence-corrected chi connectivity index (χ4v) is 2.44. The van der Waals surface area contributed by atoms with Crippen molar-refractivity contribution in [1.82, 2.24) is 0 Å². The van der Waals surface area contributed by atoms with Gasteiger partial charge in [-0.05, 0) is 18.1 Å². The molecule has 0 saturated carbocycles. The Morgan fingerprint density at radius 3 is 2.47 bits per heavy atom. The molecular formula is C18H16O. The lowest BCUT2D eigenvalue weighted by atomic mass is 10.0. The molecule has 1 heteroatoms. The fourth-order valence-electron chi connectivity index (χ4n) is 2.44. The molecule has 0 unspecified atom stereocenters. The fraction of sp³-hybridized carbons (Fsp3) is 0.111. The third kappa shape index (κ3) is 2.32. The van der Waals surface area contributed by atoms with Crippen molar-refractivity contribution in [3.8, 4) is 0 Å². The standard InChI is InChI=1S/C18H16O/c1-2-8-15-16-11-6-7-12-17(16)19-18(15)13-14-9-4-3-5-10-14/h2-7,9-12H,1,8,13H2. The summed E-state index contributed by atoms with van der Waals surface area (Å²) in [7, 11) is 0. The van der Waals surface area contributed by atoms with Crippen molar-refractivity contribution in [3.63, 3.8) is 0 Å². The van der Waals surface area contributed by atoms with E-state index in [-0.39, 0.29) is 0 Å². The van der Waals surface area contributed by atoms with Crippen LogP contribution in [0.1, 0.15) is 16.9 Å². The smallest absolute Gasteiger partial charge is 0.134 e. The molecule has 0 spiro atoms. The van der Waals surface area contributed by atoms with E-state index in [1.165, 1.54) is 16.5 Å². The Labute approximate surface area is 113 Å². The van der Waals surface area contributed by atoms with E-state index in [0.29, 0.717) is 0 Å².